The van der Waals surface area contributed by atoms with Gasteiger partial charge in [-0.15, -0.1) is 0 Å². The van der Waals surface area contributed by atoms with Crippen LogP contribution in [-0.2, 0) is 11.2 Å². The van der Waals surface area contributed by atoms with Crippen molar-refractivity contribution in [3.05, 3.63) is 29.8 Å². The maximum atomic E-state index is 5.80. The van der Waals surface area contributed by atoms with E-state index in [4.69, 9.17) is 10.5 Å². The maximum absolute atomic E-state index is 5.80. The van der Waals surface area contributed by atoms with E-state index in [0.717, 1.165) is 26.1 Å². The van der Waals surface area contributed by atoms with Crippen molar-refractivity contribution in [2.24, 2.45) is 5.73 Å². The molecule has 1 aromatic carbocycles. The first-order valence-electron chi connectivity index (χ1n) is 6.36. The number of ether oxygens (including phenoxy) is 1. The van der Waals surface area contributed by atoms with Crippen molar-refractivity contribution in [2.75, 3.05) is 24.6 Å². The quantitative estimate of drug-likeness (QED) is 0.866. The molecule has 2 rings (SSSR count). The van der Waals surface area contributed by atoms with Gasteiger partial charge >= 0.3 is 0 Å². The van der Waals surface area contributed by atoms with Crippen molar-refractivity contribution in [1.29, 1.82) is 0 Å². The third kappa shape index (κ3) is 3.45. The lowest BCUT2D eigenvalue weighted by atomic mass is 10.1. The van der Waals surface area contributed by atoms with Crippen LogP contribution < -0.4 is 10.6 Å². The van der Waals surface area contributed by atoms with Gasteiger partial charge in [0.15, 0.2) is 0 Å². The molecular weight excluding hydrogens is 212 g/mol. The molecule has 0 amide bonds. The molecule has 1 fully saturated rings. The van der Waals surface area contributed by atoms with Crippen molar-refractivity contribution in [3.63, 3.8) is 0 Å². The fourth-order valence-electron chi connectivity index (χ4n) is 2.27. The van der Waals surface area contributed by atoms with E-state index in [9.17, 15) is 0 Å². The van der Waals surface area contributed by atoms with Crippen LogP contribution in [0, 0.1) is 0 Å². The van der Waals surface area contributed by atoms with Gasteiger partial charge in [-0.3, -0.25) is 0 Å². The number of benzene rings is 1. The highest BCUT2D eigenvalue weighted by molar-refractivity contribution is 5.48. The Morgan fingerprint density at radius 1 is 1.41 bits per heavy atom. The number of rotatable bonds is 3. The predicted molar refractivity (Wildman–Crippen MR) is 71.4 cm³/mol. The zero-order chi connectivity index (χ0) is 12.3. The van der Waals surface area contributed by atoms with Gasteiger partial charge in [0.1, 0.15) is 0 Å². The van der Waals surface area contributed by atoms with E-state index < -0.39 is 0 Å². The van der Waals surface area contributed by atoms with Crippen LogP contribution in [-0.4, -0.2) is 31.8 Å². The summed E-state index contributed by atoms with van der Waals surface area (Å²) in [4.78, 5) is 2.38. The Kier molecular flexibility index (Phi) is 4.02. The predicted octanol–water partition coefficient (Wildman–Crippen LogP) is 1.80. The van der Waals surface area contributed by atoms with Gasteiger partial charge in [0.25, 0.3) is 0 Å². The second-order valence-electron chi connectivity index (χ2n) is 4.98. The third-order valence-electron chi connectivity index (χ3n) is 3.10. The van der Waals surface area contributed by atoms with Crippen LogP contribution in [0.25, 0.3) is 0 Å². The van der Waals surface area contributed by atoms with Gasteiger partial charge in [0.05, 0.1) is 12.7 Å². The molecule has 2 N–H and O–H groups in total. The Hall–Kier alpha value is -1.06. The molecule has 0 saturated carbocycles. The Labute approximate surface area is 104 Å². The first-order chi connectivity index (χ1) is 8.15. The fourth-order valence-corrected chi connectivity index (χ4v) is 2.27. The molecule has 94 valence electrons. The summed E-state index contributed by atoms with van der Waals surface area (Å²) in [5.41, 5.74) is 8.39. The minimum absolute atomic E-state index is 0.226. The highest BCUT2D eigenvalue weighted by Gasteiger charge is 2.16. The van der Waals surface area contributed by atoms with Crippen LogP contribution in [0.4, 0.5) is 5.69 Å². The molecule has 1 saturated heterocycles. The summed E-state index contributed by atoms with van der Waals surface area (Å²) in [6.07, 6.45) is 1.27. The van der Waals surface area contributed by atoms with Crippen molar-refractivity contribution >= 4 is 5.69 Å². The van der Waals surface area contributed by atoms with E-state index in [0.29, 0.717) is 6.10 Å². The van der Waals surface area contributed by atoms with E-state index >= 15 is 0 Å². The maximum Gasteiger partial charge on any atom is 0.0722 e. The van der Waals surface area contributed by atoms with Crippen molar-refractivity contribution in [2.45, 2.75) is 32.4 Å². The Morgan fingerprint density at radius 2 is 2.12 bits per heavy atom. The first-order valence-corrected chi connectivity index (χ1v) is 6.36. The number of hydrogen-bond acceptors (Lipinski definition) is 3. The molecule has 2 unspecified atom stereocenters. The third-order valence-corrected chi connectivity index (χ3v) is 3.10. The number of nitrogens with two attached hydrogens (primary N) is 1. The monoisotopic (exact) mass is 234 g/mol. The largest absolute Gasteiger partial charge is 0.375 e. The molecule has 1 heterocycles. The molecule has 0 aromatic heterocycles. The Balaban J connectivity index is 2.01. The second-order valence-corrected chi connectivity index (χ2v) is 4.98. The van der Waals surface area contributed by atoms with Gasteiger partial charge in [-0.2, -0.15) is 0 Å². The average molecular weight is 234 g/mol. The summed E-state index contributed by atoms with van der Waals surface area (Å²) >= 11 is 0. The smallest absolute Gasteiger partial charge is 0.0722 e. The minimum Gasteiger partial charge on any atom is -0.375 e. The molecule has 1 aliphatic rings. The molecule has 0 bridgehead atoms. The summed E-state index contributed by atoms with van der Waals surface area (Å²) in [5.74, 6) is 0. The number of hydrogen-bond donors (Lipinski definition) is 1. The molecule has 0 spiro atoms. The molecule has 3 heteroatoms. The number of morpholine rings is 1. The van der Waals surface area contributed by atoms with Crippen LogP contribution in [0.15, 0.2) is 24.3 Å². The summed E-state index contributed by atoms with van der Waals surface area (Å²) in [6, 6.07) is 8.97. The summed E-state index contributed by atoms with van der Waals surface area (Å²) in [7, 11) is 0. The highest BCUT2D eigenvalue weighted by Crippen LogP contribution is 2.18. The average Bonchev–Trinajstić information content (AvgIpc) is 2.29. The molecular formula is C14H22N2O. The Morgan fingerprint density at radius 3 is 2.71 bits per heavy atom. The second kappa shape index (κ2) is 5.52. The van der Waals surface area contributed by atoms with Crippen LogP contribution in [0.5, 0.6) is 0 Å². The van der Waals surface area contributed by atoms with Gasteiger partial charge in [0.2, 0.25) is 0 Å². The van der Waals surface area contributed by atoms with Crippen molar-refractivity contribution in [1.82, 2.24) is 0 Å². The SMILES string of the molecule is CC(N)Cc1ccc(N2CCOC(C)C2)cc1. The summed E-state index contributed by atoms with van der Waals surface area (Å²) in [5, 5.41) is 0. The van der Waals surface area contributed by atoms with Crippen LogP contribution in [0.1, 0.15) is 19.4 Å². The topological polar surface area (TPSA) is 38.5 Å². The van der Waals surface area contributed by atoms with E-state index in [1.54, 1.807) is 0 Å². The van der Waals surface area contributed by atoms with Gasteiger partial charge in [-0.25, -0.2) is 0 Å². The molecule has 3 nitrogen and oxygen atoms in total. The van der Waals surface area contributed by atoms with E-state index in [1.165, 1.54) is 11.3 Å². The molecule has 1 aliphatic heterocycles. The standard InChI is InChI=1S/C14H22N2O/c1-11(15)9-13-3-5-14(6-4-13)16-7-8-17-12(2)10-16/h3-6,11-12H,7-10,15H2,1-2H3. The van der Waals surface area contributed by atoms with Gasteiger partial charge in [-0.1, -0.05) is 12.1 Å². The Bertz CT molecular complexity index is 348. The lowest BCUT2D eigenvalue weighted by Gasteiger charge is -2.33. The van der Waals surface area contributed by atoms with E-state index in [2.05, 4.69) is 36.1 Å². The highest BCUT2D eigenvalue weighted by atomic mass is 16.5. The molecule has 17 heavy (non-hydrogen) atoms. The van der Waals surface area contributed by atoms with Crippen molar-refractivity contribution in [3.8, 4) is 0 Å². The minimum atomic E-state index is 0.226. The zero-order valence-corrected chi connectivity index (χ0v) is 10.7. The summed E-state index contributed by atoms with van der Waals surface area (Å²) < 4.78 is 5.55. The molecule has 1 aromatic rings. The van der Waals surface area contributed by atoms with Gasteiger partial charge < -0.3 is 15.4 Å². The van der Waals surface area contributed by atoms with Crippen LogP contribution in [0.2, 0.25) is 0 Å². The van der Waals surface area contributed by atoms with Crippen LogP contribution in [0.3, 0.4) is 0 Å². The number of nitrogens with zero attached hydrogens (tertiary/aromatic N) is 1. The van der Waals surface area contributed by atoms with E-state index in [-0.39, 0.29) is 6.04 Å². The molecule has 0 radical (unpaired) electrons. The molecule has 0 aliphatic carbocycles. The van der Waals surface area contributed by atoms with Gasteiger partial charge in [0, 0.05) is 24.8 Å². The van der Waals surface area contributed by atoms with Crippen LogP contribution >= 0.6 is 0 Å². The zero-order valence-electron chi connectivity index (χ0n) is 10.7. The normalized spacial score (nSPS) is 22.5. The van der Waals surface area contributed by atoms with Gasteiger partial charge in [-0.05, 0) is 38.0 Å². The molecule has 2 atom stereocenters. The summed E-state index contributed by atoms with van der Waals surface area (Å²) in [6.45, 7) is 6.95. The number of anilines is 1. The lowest BCUT2D eigenvalue weighted by molar-refractivity contribution is 0.0532. The fraction of sp³-hybridized carbons (Fsp3) is 0.571. The van der Waals surface area contributed by atoms with Crippen molar-refractivity contribution < 1.29 is 4.74 Å². The lowest BCUT2D eigenvalue weighted by Crippen LogP contribution is -2.41. The van der Waals surface area contributed by atoms with E-state index in [1.807, 2.05) is 6.92 Å². The first kappa shape index (κ1) is 12.4.